The molecule has 0 aliphatic rings. The van der Waals surface area contributed by atoms with Crippen LogP contribution in [0.2, 0.25) is 0 Å². The van der Waals surface area contributed by atoms with Crippen LogP contribution in [0.1, 0.15) is 19.4 Å². The van der Waals surface area contributed by atoms with Gasteiger partial charge in [-0.25, -0.2) is 8.78 Å². The monoisotopic (exact) mass is 378 g/mol. The molecule has 2 rings (SSSR count). The summed E-state index contributed by atoms with van der Waals surface area (Å²) in [5.74, 6) is -2.10. The van der Waals surface area contributed by atoms with Crippen LogP contribution in [-0.4, -0.2) is 29.0 Å². The van der Waals surface area contributed by atoms with E-state index in [9.17, 15) is 18.4 Å². The molecular formula is C19H20F2N2O2S. The first-order valence-electron chi connectivity index (χ1n) is 7.99. The average molecular weight is 378 g/mol. The van der Waals surface area contributed by atoms with Gasteiger partial charge in [0.25, 0.3) is 0 Å². The van der Waals surface area contributed by atoms with Crippen LogP contribution < -0.4 is 5.32 Å². The van der Waals surface area contributed by atoms with Crippen molar-refractivity contribution in [2.24, 2.45) is 0 Å². The zero-order valence-electron chi connectivity index (χ0n) is 14.8. The fourth-order valence-corrected chi connectivity index (χ4v) is 3.36. The lowest BCUT2D eigenvalue weighted by Crippen LogP contribution is -2.32. The number of nitrogens with one attached hydrogen (secondary N) is 1. The van der Waals surface area contributed by atoms with E-state index in [1.54, 1.807) is 26.1 Å². The molecule has 0 aliphatic heterocycles. The first-order chi connectivity index (χ1) is 12.3. The Bertz CT molecular complexity index is 797. The molecule has 2 aromatic rings. The Morgan fingerprint density at radius 3 is 2.35 bits per heavy atom. The zero-order chi connectivity index (χ0) is 19.3. The normalized spacial score (nSPS) is 11.7. The van der Waals surface area contributed by atoms with Crippen LogP contribution in [0.4, 0.5) is 14.5 Å². The maximum atomic E-state index is 13.3. The highest BCUT2D eigenvalue weighted by atomic mass is 32.2. The van der Waals surface area contributed by atoms with Crippen LogP contribution in [0.15, 0.2) is 47.4 Å². The molecule has 0 aromatic heterocycles. The van der Waals surface area contributed by atoms with Crippen molar-refractivity contribution in [1.29, 1.82) is 0 Å². The summed E-state index contributed by atoms with van der Waals surface area (Å²) in [6.07, 6.45) is 0. The van der Waals surface area contributed by atoms with Gasteiger partial charge in [0, 0.05) is 31.1 Å². The fourth-order valence-electron chi connectivity index (χ4n) is 2.37. The number of carbonyl (C=O) groups is 2. The number of hydrogen-bond acceptors (Lipinski definition) is 3. The third-order valence-electron chi connectivity index (χ3n) is 3.62. The zero-order valence-corrected chi connectivity index (χ0v) is 15.6. The lowest BCUT2D eigenvalue weighted by atomic mass is 10.2. The van der Waals surface area contributed by atoms with E-state index in [-0.39, 0.29) is 23.6 Å². The predicted molar refractivity (Wildman–Crippen MR) is 98.9 cm³/mol. The van der Waals surface area contributed by atoms with Crippen LogP contribution in [0.5, 0.6) is 0 Å². The van der Waals surface area contributed by atoms with Crippen molar-refractivity contribution in [1.82, 2.24) is 4.90 Å². The number of benzene rings is 2. The van der Waals surface area contributed by atoms with Gasteiger partial charge in [-0.15, -0.1) is 11.8 Å². The Kier molecular flexibility index (Phi) is 6.74. The minimum absolute atomic E-state index is 0.120. The Morgan fingerprint density at radius 1 is 1.12 bits per heavy atom. The van der Waals surface area contributed by atoms with E-state index in [0.717, 1.165) is 17.0 Å². The molecule has 26 heavy (non-hydrogen) atoms. The molecule has 2 aromatic carbocycles. The van der Waals surface area contributed by atoms with Crippen molar-refractivity contribution in [3.05, 3.63) is 59.7 Å². The maximum Gasteiger partial charge on any atom is 0.235 e. The molecule has 0 heterocycles. The molecule has 0 radical (unpaired) electrons. The molecule has 138 valence electrons. The molecule has 0 fully saturated rings. The summed E-state index contributed by atoms with van der Waals surface area (Å²) in [6, 6.07) is 10.8. The molecule has 4 nitrogen and oxygen atoms in total. The van der Waals surface area contributed by atoms with Gasteiger partial charge in [0.1, 0.15) is 0 Å². The molecule has 0 spiro atoms. The van der Waals surface area contributed by atoms with Crippen LogP contribution in [-0.2, 0) is 16.1 Å². The van der Waals surface area contributed by atoms with Crippen LogP contribution in [0.3, 0.4) is 0 Å². The molecular weight excluding hydrogens is 358 g/mol. The summed E-state index contributed by atoms with van der Waals surface area (Å²) in [7, 11) is 1.63. The van der Waals surface area contributed by atoms with E-state index in [1.807, 2.05) is 12.1 Å². The summed E-state index contributed by atoms with van der Waals surface area (Å²) in [6.45, 7) is 3.42. The van der Waals surface area contributed by atoms with Crippen LogP contribution in [0.25, 0.3) is 0 Å². The van der Waals surface area contributed by atoms with E-state index < -0.39 is 11.6 Å². The molecule has 7 heteroatoms. The topological polar surface area (TPSA) is 49.4 Å². The summed E-state index contributed by atoms with van der Waals surface area (Å²) in [5, 5.41) is 2.33. The number of thioether (sulfide) groups is 1. The summed E-state index contributed by atoms with van der Waals surface area (Å²) < 4.78 is 26.3. The maximum absolute atomic E-state index is 13.3. The number of halogens is 2. The fraction of sp³-hybridized carbons (Fsp3) is 0.263. The average Bonchev–Trinajstić information content (AvgIpc) is 2.58. The van der Waals surface area contributed by atoms with Gasteiger partial charge in [-0.2, -0.15) is 0 Å². The number of anilines is 1. The van der Waals surface area contributed by atoms with Gasteiger partial charge < -0.3 is 10.2 Å². The number of carbonyl (C=O) groups excluding carboxylic acids is 2. The largest absolute Gasteiger partial charge is 0.340 e. The van der Waals surface area contributed by atoms with Crippen LogP contribution >= 0.6 is 11.8 Å². The number of rotatable bonds is 6. The Labute approximate surface area is 155 Å². The number of nitrogens with zero attached hydrogens (tertiary/aromatic N) is 1. The second-order valence-corrected chi connectivity index (χ2v) is 7.32. The molecule has 0 saturated heterocycles. The number of hydrogen-bond donors (Lipinski definition) is 1. The lowest BCUT2D eigenvalue weighted by Gasteiger charge is -2.21. The second kappa shape index (κ2) is 8.80. The van der Waals surface area contributed by atoms with Crippen molar-refractivity contribution < 1.29 is 18.4 Å². The summed E-state index contributed by atoms with van der Waals surface area (Å²) in [4.78, 5) is 25.9. The van der Waals surface area contributed by atoms with Crippen molar-refractivity contribution in [3.8, 4) is 0 Å². The highest BCUT2D eigenvalue weighted by molar-refractivity contribution is 8.00. The summed E-state index contributed by atoms with van der Waals surface area (Å²) in [5.41, 5.74) is 1.22. The van der Waals surface area contributed by atoms with E-state index in [1.165, 1.54) is 29.7 Å². The third-order valence-corrected chi connectivity index (χ3v) is 4.71. The minimum Gasteiger partial charge on any atom is -0.340 e. The van der Waals surface area contributed by atoms with Crippen molar-refractivity contribution in [2.75, 3.05) is 12.4 Å². The standard InChI is InChI=1S/C19H20F2N2O2S/c1-12(26-16-7-5-15(6-8-16)22-13(2)24)19(25)23(3)11-14-4-9-17(20)18(21)10-14/h4-10,12H,11H2,1-3H3,(H,22,24). The van der Waals surface area contributed by atoms with Gasteiger partial charge in [-0.05, 0) is 48.9 Å². The predicted octanol–water partition coefficient (Wildman–Crippen LogP) is 4.06. The Morgan fingerprint density at radius 2 is 1.77 bits per heavy atom. The van der Waals surface area contributed by atoms with E-state index in [0.29, 0.717) is 11.3 Å². The van der Waals surface area contributed by atoms with Gasteiger partial charge >= 0.3 is 0 Å². The smallest absolute Gasteiger partial charge is 0.235 e. The summed E-state index contributed by atoms with van der Waals surface area (Å²) >= 11 is 1.39. The molecule has 0 aliphatic carbocycles. The van der Waals surface area contributed by atoms with Crippen LogP contribution in [0, 0.1) is 11.6 Å². The van der Waals surface area contributed by atoms with Gasteiger partial charge in [-0.3, -0.25) is 9.59 Å². The molecule has 2 amide bonds. The van der Waals surface area contributed by atoms with Crippen molar-refractivity contribution in [3.63, 3.8) is 0 Å². The Hall–Kier alpha value is -2.41. The third kappa shape index (κ3) is 5.56. The van der Waals surface area contributed by atoms with Gasteiger partial charge in [-0.1, -0.05) is 6.07 Å². The second-order valence-electron chi connectivity index (χ2n) is 5.91. The van der Waals surface area contributed by atoms with Crippen molar-refractivity contribution in [2.45, 2.75) is 30.5 Å². The quantitative estimate of drug-likeness (QED) is 0.771. The highest BCUT2D eigenvalue weighted by Crippen LogP contribution is 2.26. The van der Waals surface area contributed by atoms with Gasteiger partial charge in [0.2, 0.25) is 11.8 Å². The first-order valence-corrected chi connectivity index (χ1v) is 8.87. The first kappa shape index (κ1) is 19.9. The van der Waals surface area contributed by atoms with Gasteiger partial charge in [0.15, 0.2) is 11.6 Å². The van der Waals surface area contributed by atoms with Gasteiger partial charge in [0.05, 0.1) is 5.25 Å². The molecule has 0 bridgehead atoms. The lowest BCUT2D eigenvalue weighted by molar-refractivity contribution is -0.129. The Balaban J connectivity index is 1.95. The molecule has 1 atom stereocenters. The van der Waals surface area contributed by atoms with E-state index in [2.05, 4.69) is 5.32 Å². The number of amides is 2. The highest BCUT2D eigenvalue weighted by Gasteiger charge is 2.19. The van der Waals surface area contributed by atoms with Crippen molar-refractivity contribution >= 4 is 29.3 Å². The minimum atomic E-state index is -0.926. The molecule has 0 saturated carbocycles. The van der Waals surface area contributed by atoms with E-state index >= 15 is 0 Å². The SMILES string of the molecule is CC(=O)Nc1ccc(SC(C)C(=O)N(C)Cc2ccc(F)c(F)c2)cc1. The van der Waals surface area contributed by atoms with E-state index in [4.69, 9.17) is 0 Å². The molecule has 1 unspecified atom stereocenters. The molecule has 1 N–H and O–H groups in total.